The average Bonchev–Trinajstić information content (AvgIpc) is 2.93. The molecule has 0 radical (unpaired) electrons. The van der Waals surface area contributed by atoms with Gasteiger partial charge >= 0.3 is 0 Å². The molecule has 18 heavy (non-hydrogen) atoms. The summed E-state index contributed by atoms with van der Waals surface area (Å²) in [6, 6.07) is 2.44. The van der Waals surface area contributed by atoms with Crippen LogP contribution in [0.3, 0.4) is 0 Å². The maximum absolute atomic E-state index is 12.5. The maximum Gasteiger partial charge on any atom is 0.257 e. The average molecular weight is 248 g/mol. The third-order valence-electron chi connectivity index (χ3n) is 4.15. The van der Waals surface area contributed by atoms with Crippen molar-refractivity contribution in [1.29, 1.82) is 0 Å². The molecule has 0 aliphatic carbocycles. The summed E-state index contributed by atoms with van der Waals surface area (Å²) in [7, 11) is 0. The molecule has 1 unspecified atom stereocenters. The lowest BCUT2D eigenvalue weighted by atomic mass is 10.1. The molecule has 2 aliphatic heterocycles. The van der Waals surface area contributed by atoms with Crippen molar-refractivity contribution >= 4 is 5.91 Å². The van der Waals surface area contributed by atoms with Gasteiger partial charge in [0.25, 0.3) is 5.91 Å². The van der Waals surface area contributed by atoms with E-state index in [2.05, 4.69) is 4.90 Å². The highest BCUT2D eigenvalue weighted by atomic mass is 16.3. The van der Waals surface area contributed by atoms with E-state index in [0.29, 0.717) is 6.04 Å². The minimum absolute atomic E-state index is 0.135. The predicted octanol–water partition coefficient (Wildman–Crippen LogP) is 1.82. The van der Waals surface area contributed by atoms with Gasteiger partial charge in [0.15, 0.2) is 0 Å². The summed E-state index contributed by atoms with van der Waals surface area (Å²) in [4.78, 5) is 17.0. The first kappa shape index (κ1) is 11.8. The quantitative estimate of drug-likeness (QED) is 0.760. The van der Waals surface area contributed by atoms with Gasteiger partial charge in [0.1, 0.15) is 11.5 Å². The number of hydrogen-bond donors (Lipinski definition) is 0. The van der Waals surface area contributed by atoms with E-state index in [1.807, 2.05) is 24.8 Å². The van der Waals surface area contributed by atoms with Crippen LogP contribution in [0.15, 0.2) is 10.5 Å². The first-order chi connectivity index (χ1) is 8.65. The van der Waals surface area contributed by atoms with Gasteiger partial charge in [-0.1, -0.05) is 0 Å². The zero-order valence-corrected chi connectivity index (χ0v) is 11.1. The van der Waals surface area contributed by atoms with Crippen LogP contribution in [0.4, 0.5) is 0 Å². The minimum Gasteiger partial charge on any atom is -0.466 e. The molecule has 1 aromatic rings. The molecule has 98 valence electrons. The molecule has 0 N–H and O–H groups in total. The summed E-state index contributed by atoms with van der Waals surface area (Å²) < 4.78 is 5.46. The van der Waals surface area contributed by atoms with Crippen LogP contribution in [0.2, 0.25) is 0 Å². The number of rotatable bonds is 1. The van der Waals surface area contributed by atoms with Crippen molar-refractivity contribution in [2.75, 3.05) is 26.2 Å². The number of carbonyl (C=O) groups is 1. The number of furan rings is 1. The zero-order chi connectivity index (χ0) is 12.7. The van der Waals surface area contributed by atoms with Crippen LogP contribution in [0.1, 0.15) is 34.7 Å². The van der Waals surface area contributed by atoms with Crippen LogP contribution in [-0.2, 0) is 0 Å². The molecular weight excluding hydrogens is 228 g/mol. The summed E-state index contributed by atoms with van der Waals surface area (Å²) in [5.41, 5.74) is 0.735. The molecule has 3 heterocycles. The third kappa shape index (κ3) is 1.94. The summed E-state index contributed by atoms with van der Waals surface area (Å²) in [5.74, 6) is 1.69. The summed E-state index contributed by atoms with van der Waals surface area (Å²) in [6.07, 6.45) is 2.50. The normalized spacial score (nSPS) is 24.3. The molecule has 1 aromatic heterocycles. The maximum atomic E-state index is 12.5. The summed E-state index contributed by atoms with van der Waals surface area (Å²) in [5, 5.41) is 0. The highest BCUT2D eigenvalue weighted by Gasteiger charge is 2.33. The molecular formula is C14H20N2O2. The van der Waals surface area contributed by atoms with Crippen molar-refractivity contribution in [2.24, 2.45) is 0 Å². The SMILES string of the molecule is Cc1cc(C(=O)N2CCN3CCCC3C2)c(C)o1. The van der Waals surface area contributed by atoms with Gasteiger partial charge in [-0.25, -0.2) is 0 Å². The molecule has 4 heteroatoms. The van der Waals surface area contributed by atoms with E-state index >= 15 is 0 Å². The third-order valence-corrected chi connectivity index (χ3v) is 4.15. The summed E-state index contributed by atoms with van der Waals surface area (Å²) >= 11 is 0. The Hall–Kier alpha value is -1.29. The molecule has 0 spiro atoms. The van der Waals surface area contributed by atoms with Gasteiger partial charge in [0, 0.05) is 25.7 Å². The van der Waals surface area contributed by atoms with Crippen LogP contribution >= 0.6 is 0 Å². The van der Waals surface area contributed by atoms with Crippen LogP contribution in [0, 0.1) is 13.8 Å². The van der Waals surface area contributed by atoms with Gasteiger partial charge in [-0.15, -0.1) is 0 Å². The fraction of sp³-hybridized carbons (Fsp3) is 0.643. The number of piperazine rings is 1. The Morgan fingerprint density at radius 1 is 1.33 bits per heavy atom. The topological polar surface area (TPSA) is 36.7 Å². The Morgan fingerprint density at radius 3 is 2.89 bits per heavy atom. The van der Waals surface area contributed by atoms with Gasteiger partial charge in [-0.3, -0.25) is 9.69 Å². The molecule has 3 rings (SSSR count). The van der Waals surface area contributed by atoms with Crippen molar-refractivity contribution in [3.8, 4) is 0 Å². The monoisotopic (exact) mass is 248 g/mol. The van der Waals surface area contributed by atoms with Crippen LogP contribution < -0.4 is 0 Å². The zero-order valence-electron chi connectivity index (χ0n) is 11.1. The molecule has 2 saturated heterocycles. The largest absolute Gasteiger partial charge is 0.466 e. The number of nitrogens with zero attached hydrogens (tertiary/aromatic N) is 2. The second-order valence-electron chi connectivity index (χ2n) is 5.41. The molecule has 4 nitrogen and oxygen atoms in total. The second kappa shape index (κ2) is 4.43. The van der Waals surface area contributed by atoms with E-state index in [1.54, 1.807) is 0 Å². The molecule has 1 atom stereocenters. The molecule has 2 fully saturated rings. The smallest absolute Gasteiger partial charge is 0.257 e. The van der Waals surface area contributed by atoms with Crippen molar-refractivity contribution < 1.29 is 9.21 Å². The fourth-order valence-corrected chi connectivity index (χ4v) is 3.19. The van der Waals surface area contributed by atoms with Crippen molar-refractivity contribution in [1.82, 2.24) is 9.80 Å². The van der Waals surface area contributed by atoms with Crippen molar-refractivity contribution in [3.05, 3.63) is 23.2 Å². The number of fused-ring (bicyclic) bond motifs is 1. The van der Waals surface area contributed by atoms with E-state index < -0.39 is 0 Å². The lowest BCUT2D eigenvalue weighted by Gasteiger charge is -2.37. The van der Waals surface area contributed by atoms with E-state index in [9.17, 15) is 4.79 Å². The van der Waals surface area contributed by atoms with E-state index in [0.717, 1.165) is 36.7 Å². The molecule has 0 bridgehead atoms. The molecule has 0 aromatic carbocycles. The lowest BCUT2D eigenvalue weighted by molar-refractivity contribution is 0.0569. The van der Waals surface area contributed by atoms with Gasteiger partial charge in [-0.2, -0.15) is 0 Å². The van der Waals surface area contributed by atoms with Gasteiger partial charge in [0.2, 0.25) is 0 Å². The van der Waals surface area contributed by atoms with Gasteiger partial charge in [-0.05, 0) is 39.3 Å². The van der Waals surface area contributed by atoms with Crippen molar-refractivity contribution in [2.45, 2.75) is 32.7 Å². The number of amides is 1. The van der Waals surface area contributed by atoms with Crippen molar-refractivity contribution in [3.63, 3.8) is 0 Å². The molecule has 2 aliphatic rings. The number of hydrogen-bond acceptors (Lipinski definition) is 3. The molecule has 0 saturated carbocycles. The van der Waals surface area contributed by atoms with Crippen LogP contribution in [0.5, 0.6) is 0 Å². The number of carbonyl (C=O) groups excluding carboxylic acids is 1. The standard InChI is InChI=1S/C14H20N2O2/c1-10-8-13(11(2)18-10)14(17)16-7-6-15-5-3-4-12(15)9-16/h8,12H,3-7,9H2,1-2H3. The highest BCUT2D eigenvalue weighted by Crippen LogP contribution is 2.24. The number of aryl methyl sites for hydroxylation is 2. The van der Waals surface area contributed by atoms with E-state index in [-0.39, 0.29) is 5.91 Å². The Balaban J connectivity index is 1.75. The first-order valence-corrected chi connectivity index (χ1v) is 6.75. The lowest BCUT2D eigenvalue weighted by Crippen LogP contribution is -2.52. The highest BCUT2D eigenvalue weighted by molar-refractivity contribution is 5.95. The fourth-order valence-electron chi connectivity index (χ4n) is 3.19. The van der Waals surface area contributed by atoms with E-state index in [1.165, 1.54) is 19.4 Å². The summed E-state index contributed by atoms with van der Waals surface area (Å²) in [6.45, 7) is 7.70. The Morgan fingerprint density at radius 2 is 2.17 bits per heavy atom. The Bertz CT molecular complexity index is 466. The molecule has 1 amide bonds. The van der Waals surface area contributed by atoms with Gasteiger partial charge in [0.05, 0.1) is 5.56 Å². The Kier molecular flexibility index (Phi) is 2.90. The predicted molar refractivity (Wildman–Crippen MR) is 68.7 cm³/mol. The van der Waals surface area contributed by atoms with Gasteiger partial charge < -0.3 is 9.32 Å². The minimum atomic E-state index is 0.135. The van der Waals surface area contributed by atoms with E-state index in [4.69, 9.17) is 4.42 Å². The van der Waals surface area contributed by atoms with Crippen LogP contribution in [0.25, 0.3) is 0 Å². The Labute approximate surface area is 108 Å². The van der Waals surface area contributed by atoms with Crippen LogP contribution in [-0.4, -0.2) is 47.9 Å². The first-order valence-electron chi connectivity index (χ1n) is 6.75. The second-order valence-corrected chi connectivity index (χ2v) is 5.41.